The van der Waals surface area contributed by atoms with Crippen molar-refractivity contribution < 1.29 is 14.7 Å². The van der Waals surface area contributed by atoms with Gasteiger partial charge in [-0.05, 0) is 87.5 Å². The first-order valence-corrected chi connectivity index (χ1v) is 15.3. The maximum atomic E-state index is 12.2. The van der Waals surface area contributed by atoms with Crippen LogP contribution in [-0.4, -0.2) is 22.8 Å². The minimum absolute atomic E-state index is 0.0331. The molecule has 0 amide bonds. The molecule has 0 saturated carbocycles. The van der Waals surface area contributed by atoms with Gasteiger partial charge in [0.15, 0.2) is 11.6 Å². The molecular weight excluding hydrogens is 528 g/mol. The lowest BCUT2D eigenvalue weighted by atomic mass is 9.71. The van der Waals surface area contributed by atoms with E-state index in [0.29, 0.717) is 18.4 Å². The SMILES string of the molecule is CC(C=CC1=C(C)C(=O)CCC1(C)C)=CC=CC(C)=C/C=C/C=C(C)/C=C/C=C(C)/C=C/C1=C(C)C(=O)C(O)CC1(C)C. The van der Waals surface area contributed by atoms with Crippen LogP contribution in [0, 0.1) is 10.8 Å². The van der Waals surface area contributed by atoms with Crippen molar-refractivity contribution in [3.8, 4) is 0 Å². The minimum atomic E-state index is -0.900. The summed E-state index contributed by atoms with van der Waals surface area (Å²) in [6, 6.07) is 0. The number of ketones is 2. The largest absolute Gasteiger partial charge is 0.385 e. The van der Waals surface area contributed by atoms with Crippen LogP contribution in [0.15, 0.2) is 130 Å². The summed E-state index contributed by atoms with van der Waals surface area (Å²) >= 11 is 0. The zero-order valence-corrected chi connectivity index (χ0v) is 28.0. The van der Waals surface area contributed by atoms with E-state index in [1.807, 2.05) is 50.3 Å². The fourth-order valence-corrected chi connectivity index (χ4v) is 5.45. The Morgan fingerprint density at radius 1 is 0.651 bits per heavy atom. The Hall–Kier alpha value is -3.56. The molecule has 0 spiro atoms. The molecule has 0 bridgehead atoms. The van der Waals surface area contributed by atoms with E-state index in [1.54, 1.807) is 6.92 Å². The van der Waals surface area contributed by atoms with Gasteiger partial charge in [-0.15, -0.1) is 0 Å². The molecule has 43 heavy (non-hydrogen) atoms. The number of aliphatic hydroxyl groups is 1. The van der Waals surface area contributed by atoms with Crippen LogP contribution in [0.25, 0.3) is 0 Å². The average Bonchev–Trinajstić information content (AvgIpc) is 2.91. The Morgan fingerprint density at radius 2 is 1.07 bits per heavy atom. The van der Waals surface area contributed by atoms with E-state index < -0.39 is 6.10 Å². The topological polar surface area (TPSA) is 54.4 Å². The summed E-state index contributed by atoms with van der Waals surface area (Å²) < 4.78 is 0. The third-order valence-corrected chi connectivity index (χ3v) is 8.33. The smallest absolute Gasteiger partial charge is 0.187 e. The quantitative estimate of drug-likeness (QED) is 0.262. The van der Waals surface area contributed by atoms with Crippen LogP contribution in [-0.2, 0) is 9.59 Å². The van der Waals surface area contributed by atoms with Crippen LogP contribution in [0.4, 0.5) is 0 Å². The normalized spacial score (nSPS) is 23.1. The Balaban J connectivity index is 1.94. The molecule has 1 N–H and O–H groups in total. The second-order valence-electron chi connectivity index (χ2n) is 13.3. The highest BCUT2D eigenvalue weighted by Gasteiger charge is 2.36. The third-order valence-electron chi connectivity index (χ3n) is 8.33. The van der Waals surface area contributed by atoms with Crippen LogP contribution in [0.2, 0.25) is 0 Å². The van der Waals surface area contributed by atoms with Crippen molar-refractivity contribution in [1.29, 1.82) is 0 Å². The van der Waals surface area contributed by atoms with Gasteiger partial charge in [-0.25, -0.2) is 0 Å². The highest BCUT2D eigenvalue weighted by molar-refractivity contribution is 6.00. The monoisotopic (exact) mass is 580 g/mol. The Morgan fingerprint density at radius 3 is 1.56 bits per heavy atom. The van der Waals surface area contributed by atoms with Gasteiger partial charge in [-0.3, -0.25) is 9.59 Å². The van der Waals surface area contributed by atoms with Crippen molar-refractivity contribution >= 4 is 11.6 Å². The molecule has 0 aromatic heterocycles. The van der Waals surface area contributed by atoms with Crippen LogP contribution in [0.1, 0.15) is 88.5 Å². The molecule has 2 rings (SSSR count). The maximum Gasteiger partial charge on any atom is 0.187 e. The van der Waals surface area contributed by atoms with Crippen molar-refractivity contribution in [2.75, 3.05) is 0 Å². The lowest BCUT2D eigenvalue weighted by Gasteiger charge is -2.34. The van der Waals surface area contributed by atoms with Crippen molar-refractivity contribution in [2.24, 2.45) is 10.8 Å². The molecule has 2 aliphatic rings. The number of carbonyl (C=O) groups excluding carboxylic acids is 2. The standard InChI is InChI=1S/C40H52O3/c1-28(17-13-19-30(3)21-23-34-32(5)36(41)25-26-39(34,7)8)15-11-12-16-29(2)18-14-20-31(4)22-24-35-33(6)38(43)37(42)27-40(35,9)10/h11-24,37,42H,25-27H2,1-10H3/b12-11+,17-13?,18-14+,23-21?,24-22+,28-15?,29-16+,30-19?,31-20+. The molecule has 3 nitrogen and oxygen atoms in total. The second-order valence-corrected chi connectivity index (χ2v) is 13.3. The zero-order valence-electron chi connectivity index (χ0n) is 28.0. The van der Waals surface area contributed by atoms with E-state index in [1.165, 1.54) is 0 Å². The van der Waals surface area contributed by atoms with Gasteiger partial charge in [-0.1, -0.05) is 135 Å². The molecule has 230 valence electrons. The average molecular weight is 581 g/mol. The summed E-state index contributed by atoms with van der Waals surface area (Å²) in [4.78, 5) is 24.4. The summed E-state index contributed by atoms with van der Waals surface area (Å²) in [7, 11) is 0. The highest BCUT2D eigenvalue weighted by Crippen LogP contribution is 2.40. The van der Waals surface area contributed by atoms with Gasteiger partial charge in [0.1, 0.15) is 6.10 Å². The van der Waals surface area contributed by atoms with E-state index in [2.05, 4.69) is 97.1 Å². The van der Waals surface area contributed by atoms with Gasteiger partial charge in [0, 0.05) is 6.42 Å². The first kappa shape index (κ1) is 35.6. The maximum absolute atomic E-state index is 12.2. The number of allylic oxidation sites excluding steroid dienone is 21. The molecule has 0 saturated heterocycles. The number of hydrogen-bond acceptors (Lipinski definition) is 3. The highest BCUT2D eigenvalue weighted by atomic mass is 16.3. The Kier molecular flexibility index (Phi) is 13.1. The van der Waals surface area contributed by atoms with Crippen LogP contribution in [0.5, 0.6) is 0 Å². The second kappa shape index (κ2) is 15.8. The van der Waals surface area contributed by atoms with Crippen LogP contribution in [0.3, 0.4) is 0 Å². The van der Waals surface area contributed by atoms with Crippen molar-refractivity contribution in [2.45, 2.75) is 94.6 Å². The molecule has 0 aromatic rings. The van der Waals surface area contributed by atoms with E-state index in [4.69, 9.17) is 0 Å². The zero-order chi connectivity index (χ0) is 32.4. The number of Topliss-reactive ketones (excluding diaryl/α,β-unsaturated/α-hetero) is 2. The molecule has 0 heterocycles. The van der Waals surface area contributed by atoms with Crippen molar-refractivity contribution in [1.82, 2.24) is 0 Å². The lowest BCUT2D eigenvalue weighted by molar-refractivity contribution is -0.125. The van der Waals surface area contributed by atoms with E-state index in [-0.39, 0.29) is 22.4 Å². The molecular formula is C40H52O3. The Bertz CT molecular complexity index is 1420. The minimum Gasteiger partial charge on any atom is -0.385 e. The first-order valence-electron chi connectivity index (χ1n) is 15.3. The fraction of sp³-hybridized carbons (Fsp3) is 0.400. The number of aliphatic hydroxyl groups excluding tert-OH is 1. The Labute approximate surface area is 260 Å². The summed E-state index contributed by atoms with van der Waals surface area (Å²) in [5, 5.41) is 10.0. The number of hydrogen-bond donors (Lipinski definition) is 1. The summed E-state index contributed by atoms with van der Waals surface area (Å²) in [6.45, 7) is 20.6. The predicted molar refractivity (Wildman–Crippen MR) is 184 cm³/mol. The van der Waals surface area contributed by atoms with Crippen LogP contribution < -0.4 is 0 Å². The van der Waals surface area contributed by atoms with Crippen LogP contribution >= 0.6 is 0 Å². The molecule has 0 aliphatic heterocycles. The summed E-state index contributed by atoms with van der Waals surface area (Å²) in [5.74, 6) is 0.0963. The first-order chi connectivity index (χ1) is 20.0. The predicted octanol–water partition coefficient (Wildman–Crippen LogP) is 9.93. The van der Waals surface area contributed by atoms with Crippen molar-refractivity contribution in [3.63, 3.8) is 0 Å². The molecule has 0 aromatic carbocycles. The molecule has 0 fully saturated rings. The van der Waals surface area contributed by atoms with E-state index in [0.717, 1.165) is 45.4 Å². The lowest BCUT2D eigenvalue weighted by Crippen LogP contribution is -2.35. The number of carbonyl (C=O) groups is 2. The number of rotatable bonds is 10. The third kappa shape index (κ3) is 10.9. The molecule has 0 radical (unpaired) electrons. The van der Waals surface area contributed by atoms with E-state index in [9.17, 15) is 14.7 Å². The van der Waals surface area contributed by atoms with Gasteiger partial charge >= 0.3 is 0 Å². The molecule has 1 unspecified atom stereocenters. The molecule has 1 atom stereocenters. The van der Waals surface area contributed by atoms with Gasteiger partial charge in [0.2, 0.25) is 0 Å². The molecule has 2 aliphatic carbocycles. The van der Waals surface area contributed by atoms with Crippen molar-refractivity contribution in [3.05, 3.63) is 130 Å². The van der Waals surface area contributed by atoms with Gasteiger partial charge in [0.05, 0.1) is 0 Å². The van der Waals surface area contributed by atoms with Gasteiger partial charge < -0.3 is 5.11 Å². The van der Waals surface area contributed by atoms with E-state index >= 15 is 0 Å². The van der Waals surface area contributed by atoms with Gasteiger partial charge in [-0.2, -0.15) is 0 Å². The summed E-state index contributed by atoms with van der Waals surface area (Å²) in [6.07, 6.45) is 29.9. The fourth-order valence-electron chi connectivity index (χ4n) is 5.45. The van der Waals surface area contributed by atoms with Gasteiger partial charge in [0.25, 0.3) is 0 Å². The summed E-state index contributed by atoms with van der Waals surface area (Å²) in [5.41, 5.74) is 7.99. The molecule has 3 heteroatoms.